The lowest BCUT2D eigenvalue weighted by Gasteiger charge is -2.33. The minimum atomic E-state index is -0.0870. The van der Waals surface area contributed by atoms with Gasteiger partial charge in [0.05, 0.1) is 9.40 Å². The average Bonchev–Trinajstić information content (AvgIpc) is 1.66. The molecular weight excluding hydrogens is 1090 g/mol. The van der Waals surface area contributed by atoms with E-state index in [4.69, 9.17) is 0 Å². The van der Waals surface area contributed by atoms with Gasteiger partial charge in [0.15, 0.2) is 0 Å². The van der Waals surface area contributed by atoms with E-state index in [1.807, 2.05) is 35.3 Å². The lowest BCUT2D eigenvalue weighted by Crippen LogP contribution is -2.25. The van der Waals surface area contributed by atoms with E-state index < -0.39 is 0 Å². The molecule has 7 aromatic carbocycles. The summed E-state index contributed by atoms with van der Waals surface area (Å²) in [5, 5.41) is 11.5. The van der Waals surface area contributed by atoms with Crippen molar-refractivity contribution in [2.75, 3.05) is 0 Å². The zero-order valence-electron chi connectivity index (χ0n) is 53.7. The summed E-state index contributed by atoms with van der Waals surface area (Å²) in [7, 11) is 0. The van der Waals surface area contributed by atoms with E-state index in [9.17, 15) is 0 Å². The van der Waals surface area contributed by atoms with Crippen LogP contribution in [0.25, 0.3) is 90.9 Å². The maximum absolute atomic E-state index is 4.38. The molecule has 3 nitrogen and oxygen atoms in total. The molecule has 10 aromatic rings. The Morgan fingerprint density at radius 1 is 0.322 bits per heavy atom. The fraction of sp³-hybridized carbons (Fsp3) is 0.439. The highest BCUT2D eigenvalue weighted by Gasteiger charge is 2.44. The van der Waals surface area contributed by atoms with E-state index in [-0.39, 0.29) is 10.8 Å². The van der Waals surface area contributed by atoms with Gasteiger partial charge < -0.3 is 0 Å². The Morgan fingerprint density at radius 2 is 0.655 bits per heavy atom. The minimum absolute atomic E-state index is 0.00323. The van der Waals surface area contributed by atoms with E-state index in [0.717, 1.165) is 5.69 Å². The number of aromatic nitrogens is 3. The highest BCUT2D eigenvalue weighted by molar-refractivity contribution is 7.36. The molecule has 0 aliphatic heterocycles. The van der Waals surface area contributed by atoms with Crippen LogP contribution in [-0.2, 0) is 10.8 Å². The summed E-state index contributed by atoms with van der Waals surface area (Å²) < 4.78 is 7.78. The van der Waals surface area contributed by atoms with Gasteiger partial charge in [-0.3, -0.25) is 4.57 Å². The normalized spacial score (nSPS) is 13.7. The van der Waals surface area contributed by atoms with E-state index in [1.54, 1.807) is 22.3 Å². The molecule has 0 spiro atoms. The Morgan fingerprint density at radius 3 is 1.10 bits per heavy atom. The van der Waals surface area contributed by atoms with Crippen LogP contribution < -0.4 is 0 Å². The first-order chi connectivity index (χ1) is 42.7. The van der Waals surface area contributed by atoms with Crippen molar-refractivity contribution in [1.82, 2.24) is 14.8 Å². The minimum Gasteiger partial charge on any atom is -0.288 e. The highest BCUT2D eigenvalue weighted by Crippen LogP contribution is 2.58. The predicted molar refractivity (Wildman–Crippen MR) is 380 cm³/mol. The summed E-state index contributed by atoms with van der Waals surface area (Å²) in [6, 6.07) is 51.9. The molecule has 0 fully saturated rings. The molecule has 0 bridgehead atoms. The van der Waals surface area contributed by atoms with E-state index >= 15 is 0 Å². The van der Waals surface area contributed by atoms with Crippen LogP contribution in [0.4, 0.5) is 0 Å². The lowest BCUT2D eigenvalue weighted by molar-refractivity contribution is 0.398. The number of unbranched alkanes of at least 4 members (excludes halogenated alkanes) is 20. The van der Waals surface area contributed by atoms with Gasteiger partial charge >= 0.3 is 0 Å². The Bertz CT molecular complexity index is 3910. The van der Waals surface area contributed by atoms with Crippen LogP contribution in [0.15, 0.2) is 140 Å². The first-order valence-corrected chi connectivity index (χ1v) is 36.3. The van der Waals surface area contributed by atoms with Crippen LogP contribution >= 0.6 is 22.7 Å². The predicted octanol–water partition coefficient (Wildman–Crippen LogP) is 26.0. The van der Waals surface area contributed by atoms with E-state index in [2.05, 4.69) is 184 Å². The van der Waals surface area contributed by atoms with Gasteiger partial charge in [0.25, 0.3) is 0 Å². The number of thiophene rings is 2. The summed E-state index contributed by atoms with van der Waals surface area (Å²) >= 11 is 3.94. The first-order valence-electron chi connectivity index (χ1n) is 34.7. The van der Waals surface area contributed by atoms with Crippen LogP contribution in [0.3, 0.4) is 0 Å². The number of nitrogens with zero attached hydrogens (tertiary/aromatic N) is 3. The third-order valence-electron chi connectivity index (χ3n) is 20.6. The highest BCUT2D eigenvalue weighted by atomic mass is 32.1. The summed E-state index contributed by atoms with van der Waals surface area (Å²) in [4.78, 5) is 0. The molecule has 5 heteroatoms. The van der Waals surface area contributed by atoms with Gasteiger partial charge in [-0.1, -0.05) is 266 Å². The monoisotopic (exact) mass is 1190 g/mol. The number of aryl methyl sites for hydroxylation is 2. The van der Waals surface area contributed by atoms with Crippen molar-refractivity contribution < 1.29 is 0 Å². The van der Waals surface area contributed by atoms with Crippen LogP contribution in [0.2, 0.25) is 0 Å². The van der Waals surface area contributed by atoms with Crippen molar-refractivity contribution in [1.29, 1.82) is 0 Å². The van der Waals surface area contributed by atoms with Crippen LogP contribution in [-0.4, -0.2) is 14.8 Å². The van der Waals surface area contributed by atoms with Crippen molar-refractivity contribution in [2.45, 2.75) is 232 Å². The zero-order valence-corrected chi connectivity index (χ0v) is 55.4. The summed E-state index contributed by atoms with van der Waals surface area (Å²) in [6.45, 7) is 13.9. The summed E-state index contributed by atoms with van der Waals surface area (Å²) in [6.07, 6.45) is 39.9. The quantitative estimate of drug-likeness (QED) is 0.0394. The fourth-order valence-corrected chi connectivity index (χ4v) is 18.6. The second kappa shape index (κ2) is 28.1. The second-order valence-corrected chi connectivity index (χ2v) is 28.9. The summed E-state index contributed by atoms with van der Waals surface area (Å²) in [5.74, 6) is 0. The second-order valence-electron chi connectivity index (χ2n) is 26.8. The van der Waals surface area contributed by atoms with Crippen molar-refractivity contribution in [3.63, 3.8) is 0 Å². The van der Waals surface area contributed by atoms with Crippen LogP contribution in [0.5, 0.6) is 0 Å². The number of rotatable bonds is 32. The molecule has 0 saturated heterocycles. The van der Waals surface area contributed by atoms with Gasteiger partial charge in [0.2, 0.25) is 0 Å². The van der Waals surface area contributed by atoms with Gasteiger partial charge in [-0.15, -0.1) is 32.9 Å². The van der Waals surface area contributed by atoms with Gasteiger partial charge in [0.1, 0.15) is 12.7 Å². The van der Waals surface area contributed by atoms with E-state index in [1.165, 1.54) is 276 Å². The largest absolute Gasteiger partial charge is 0.288 e. The van der Waals surface area contributed by atoms with Crippen LogP contribution in [0.1, 0.15) is 241 Å². The molecule has 0 unspecified atom stereocenters. The van der Waals surface area contributed by atoms with Crippen molar-refractivity contribution in [2.24, 2.45) is 0 Å². The molecule has 3 heterocycles. The van der Waals surface area contributed by atoms with Gasteiger partial charge in [0, 0.05) is 36.7 Å². The molecule has 0 radical (unpaired) electrons. The van der Waals surface area contributed by atoms with Crippen LogP contribution in [0, 0.1) is 13.8 Å². The first kappa shape index (κ1) is 61.1. The average molecular weight is 1190 g/mol. The Labute approximate surface area is 530 Å². The number of fused-ring (bicyclic) bond motifs is 11. The maximum atomic E-state index is 4.38. The molecule has 0 atom stereocenters. The topological polar surface area (TPSA) is 30.7 Å². The van der Waals surface area contributed by atoms with Crippen molar-refractivity contribution in [3.05, 3.63) is 173 Å². The molecule has 0 saturated carbocycles. The molecular formula is C82H97N3S2. The van der Waals surface area contributed by atoms with E-state index in [0.29, 0.717) is 0 Å². The molecule has 3 aromatic heterocycles. The zero-order chi connectivity index (χ0) is 59.7. The maximum Gasteiger partial charge on any atom is 0.123 e. The lowest BCUT2D eigenvalue weighted by atomic mass is 9.70. The van der Waals surface area contributed by atoms with Gasteiger partial charge in [-0.25, -0.2) is 0 Å². The molecule has 0 N–H and O–H groups in total. The van der Waals surface area contributed by atoms with Gasteiger partial charge in [-0.2, -0.15) is 0 Å². The Balaban J connectivity index is 0.956. The number of hydrogen-bond acceptors (Lipinski definition) is 4. The van der Waals surface area contributed by atoms with Gasteiger partial charge in [-0.05, 0) is 172 Å². The molecule has 452 valence electrons. The number of hydrogen-bond donors (Lipinski definition) is 0. The SMILES string of the molecule is CCCCCCCCC1(CCCCCCCC)c2cc(C)ccc2-c2ccc(-c3cc(-c4ccc5c(c4)C(CCCCCCCC)(CCCCCCCC)c4cc(-c6ccc7c(c6)sc6c8ccc(C)cc8sc76)ccc4-5)cc(-n4cnnc4)c3)cc21. The number of benzene rings is 7. The Kier molecular flexibility index (Phi) is 19.8. The summed E-state index contributed by atoms with van der Waals surface area (Å²) in [5.41, 5.74) is 23.5. The third kappa shape index (κ3) is 12.8. The molecule has 2 aliphatic rings. The Hall–Kier alpha value is -6.14. The molecule has 87 heavy (non-hydrogen) atoms. The molecule has 12 rings (SSSR count). The molecule has 2 aliphatic carbocycles. The fourth-order valence-electron chi connectivity index (χ4n) is 15.8. The van der Waals surface area contributed by atoms with Crippen molar-refractivity contribution in [3.8, 4) is 61.3 Å². The standard InChI is InChI=1S/C82H97N3S2/c1-7-11-15-19-23-27-43-81(44-28-24-20-16-12-8-2)73-47-58(5)31-37-67(73)68-40-34-61(53-75(68)81)64-49-65(51-66(50-64)85-56-83-84-57-85)62-35-41-70-69-39-33-60(63-36-42-72-78(55-63)87-79-71-38-32-59(6)48-77(71)86-80(72)79)52-74(69)82(76(70)54-62,45-29-25-21-17-13-9-3)46-30-26-22-18-14-10-4/h31-42,47-57H,7-30,43-46H2,1-6H3. The van der Waals surface area contributed by atoms with Crippen molar-refractivity contribution >= 4 is 52.2 Å². The molecule has 0 amide bonds. The smallest absolute Gasteiger partial charge is 0.123 e. The third-order valence-corrected chi connectivity index (χ3v) is 23.1.